The van der Waals surface area contributed by atoms with Gasteiger partial charge in [-0.2, -0.15) is 11.8 Å². The van der Waals surface area contributed by atoms with Gasteiger partial charge < -0.3 is 60.3 Å². The van der Waals surface area contributed by atoms with Gasteiger partial charge in [-0.25, -0.2) is 4.79 Å². The number of carbonyl (C=O) groups excluding carboxylic acids is 11. The van der Waals surface area contributed by atoms with Crippen LogP contribution >= 0.6 is 11.8 Å². The summed E-state index contributed by atoms with van der Waals surface area (Å²) in [5, 5.41) is 11.0. The van der Waals surface area contributed by atoms with Crippen molar-refractivity contribution in [3.63, 3.8) is 0 Å². The zero-order valence-corrected chi connectivity index (χ0v) is 49.1. The second-order valence-corrected chi connectivity index (χ2v) is 22.0. The number of terminal acetylenes is 2. The van der Waals surface area contributed by atoms with Gasteiger partial charge in [0, 0.05) is 75.6 Å². The van der Waals surface area contributed by atoms with E-state index in [0.717, 1.165) is 22.0 Å². The van der Waals surface area contributed by atoms with Gasteiger partial charge in [-0.05, 0) is 65.7 Å². The van der Waals surface area contributed by atoms with Crippen LogP contribution in [0.2, 0.25) is 0 Å². The lowest BCUT2D eigenvalue weighted by atomic mass is 9.94. The van der Waals surface area contributed by atoms with Crippen molar-refractivity contribution in [1.29, 1.82) is 0 Å². The zero-order valence-electron chi connectivity index (χ0n) is 48.3. The van der Waals surface area contributed by atoms with E-state index in [1.54, 1.807) is 27.7 Å². The van der Waals surface area contributed by atoms with E-state index in [2.05, 4.69) is 33.1 Å². The molecule has 442 valence electrons. The Hall–Kier alpha value is -6.56. The van der Waals surface area contributed by atoms with Gasteiger partial charge in [-0.3, -0.25) is 47.9 Å². The molecule has 0 aliphatic carbocycles. The lowest BCUT2D eigenvalue weighted by molar-refractivity contribution is -0.148. The summed E-state index contributed by atoms with van der Waals surface area (Å²) < 4.78 is 5.36. The summed E-state index contributed by atoms with van der Waals surface area (Å²) in [6.07, 6.45) is 15.2. The minimum absolute atomic E-state index is 0.0640. The summed E-state index contributed by atoms with van der Waals surface area (Å²) in [6, 6.07) is -1.18. The number of thioether (sulfide) groups is 1. The summed E-state index contributed by atoms with van der Waals surface area (Å²) >= 11 is 1.82. The van der Waals surface area contributed by atoms with E-state index in [4.69, 9.17) is 17.6 Å². The van der Waals surface area contributed by atoms with E-state index in [0.29, 0.717) is 56.6 Å². The molecule has 0 spiro atoms. The number of alkyl carbamates (subject to hydrolysis) is 1. The number of unbranched alkanes of at least 4 members (excludes halogenated alkanes) is 1. The highest BCUT2D eigenvalue weighted by molar-refractivity contribution is 8.00. The average molecular weight is 1130 g/mol. The topological polar surface area (TPSA) is 268 Å². The normalized spacial score (nSPS) is 15.6. The standard InChI is InChI=1S/C55H89N11O12S/c1-12-23-60(32-46(69)56-11)47(70)33-61(24-13-2)48(71)34-62(25-14-3)49(72)35-63(26-15-4)50(73)36-64(27-16-5)51(74)37-65(28-17-6)52(75)38-66(29-18-7)53(76)41(31-57-54(77)78-55(8,9)10)58-44(67)22-20-19-21-43-40-30-45(68)59-42(40)39-79-43/h1,7,40-43H,13-17,19-39H2,2-6,8-11H3,(H,56,69)(H,57,77)(H,58,67)(H,59,68)/t40-,41?,42-,43-/m0/s1. The molecule has 2 fully saturated rings. The van der Waals surface area contributed by atoms with Crippen LogP contribution in [-0.4, -0.2) is 233 Å². The van der Waals surface area contributed by atoms with Crippen LogP contribution in [0.3, 0.4) is 0 Å². The van der Waals surface area contributed by atoms with Crippen LogP contribution in [0.15, 0.2) is 0 Å². The van der Waals surface area contributed by atoms with Crippen LogP contribution in [0.4, 0.5) is 4.79 Å². The minimum Gasteiger partial charge on any atom is -0.444 e. The molecule has 1 unspecified atom stereocenters. The third kappa shape index (κ3) is 24.6. The van der Waals surface area contributed by atoms with Gasteiger partial charge in [0.05, 0.1) is 52.4 Å². The molecule has 0 aromatic heterocycles. The Morgan fingerprint density at radius 2 is 1.05 bits per heavy atom. The smallest absolute Gasteiger partial charge is 0.407 e. The molecule has 2 heterocycles. The molecule has 0 bridgehead atoms. The summed E-state index contributed by atoms with van der Waals surface area (Å²) in [6.45, 7) is 11.0. The molecule has 4 atom stereocenters. The first-order valence-corrected chi connectivity index (χ1v) is 28.7. The predicted molar refractivity (Wildman–Crippen MR) is 300 cm³/mol. The Morgan fingerprint density at radius 3 is 1.46 bits per heavy atom. The maximum atomic E-state index is 14.3. The van der Waals surface area contributed by atoms with Crippen LogP contribution in [-0.2, 0) is 52.7 Å². The summed E-state index contributed by atoms with van der Waals surface area (Å²) in [7, 11) is 1.43. The number of fused-ring (bicyclic) bond motifs is 1. The average Bonchev–Trinajstić information content (AvgIpc) is 3.95. The van der Waals surface area contributed by atoms with Crippen LogP contribution in [0, 0.1) is 30.6 Å². The van der Waals surface area contributed by atoms with Gasteiger partial charge in [0.15, 0.2) is 0 Å². The first kappa shape index (κ1) is 68.5. The van der Waals surface area contributed by atoms with Gasteiger partial charge in [0.2, 0.25) is 59.1 Å². The number of carbonyl (C=O) groups is 11. The number of nitrogens with zero attached hydrogens (tertiary/aromatic N) is 7. The number of rotatable bonds is 35. The molecule has 2 aliphatic rings. The highest BCUT2D eigenvalue weighted by Gasteiger charge is 2.43. The Morgan fingerprint density at radius 1 is 0.633 bits per heavy atom. The van der Waals surface area contributed by atoms with Crippen molar-refractivity contribution < 1.29 is 57.5 Å². The van der Waals surface area contributed by atoms with E-state index >= 15 is 0 Å². The van der Waals surface area contributed by atoms with Crippen molar-refractivity contribution in [2.75, 3.05) is 111 Å². The van der Waals surface area contributed by atoms with Crippen LogP contribution in [0.25, 0.3) is 0 Å². The molecule has 2 saturated heterocycles. The molecular weight excluding hydrogens is 1040 g/mol. The van der Waals surface area contributed by atoms with E-state index in [1.807, 2.05) is 39.5 Å². The molecular formula is C55H89N11O12S. The summed E-state index contributed by atoms with van der Waals surface area (Å²) in [4.78, 5) is 156. The SMILES string of the molecule is C#CCN(CC(=O)NC)C(=O)CN(CCC)C(=O)CN(CCC)C(=O)CN(CCC)C(=O)CN(CCC)C(=O)CN(CCC)C(=O)CN(CC#C)C(=O)C(CNC(=O)OC(C)(C)C)NC(=O)CCCC[C@@H]1SC[C@@H]2NC(=O)C[C@@H]21. The number of amides is 11. The molecule has 4 N–H and O–H groups in total. The number of likely N-dealkylation sites (N-methyl/N-ethyl adjacent to an activating group) is 1. The van der Waals surface area contributed by atoms with Gasteiger partial charge >= 0.3 is 6.09 Å². The fourth-order valence-corrected chi connectivity index (χ4v) is 10.7. The summed E-state index contributed by atoms with van der Waals surface area (Å²) in [5.41, 5.74) is -0.866. The van der Waals surface area contributed by atoms with Gasteiger partial charge in [-0.15, -0.1) is 12.8 Å². The second-order valence-electron chi connectivity index (χ2n) is 20.8. The molecule has 2 aliphatic heterocycles. The molecule has 23 nitrogen and oxygen atoms in total. The van der Waals surface area contributed by atoms with E-state index in [1.165, 1.54) is 31.5 Å². The first-order valence-electron chi connectivity index (χ1n) is 27.7. The number of hydrogen-bond donors (Lipinski definition) is 4. The van der Waals surface area contributed by atoms with Crippen molar-refractivity contribution in [3.05, 3.63) is 0 Å². The number of hydrogen-bond acceptors (Lipinski definition) is 13. The fourth-order valence-electron chi connectivity index (χ4n) is 9.06. The van der Waals surface area contributed by atoms with Crippen molar-refractivity contribution in [2.24, 2.45) is 5.92 Å². The lowest BCUT2D eigenvalue weighted by Gasteiger charge is -2.32. The van der Waals surface area contributed by atoms with Crippen LogP contribution in [0.1, 0.15) is 120 Å². The van der Waals surface area contributed by atoms with E-state index in [-0.39, 0.29) is 96.3 Å². The molecule has 0 aromatic carbocycles. The number of nitrogens with one attached hydrogen (secondary N) is 4. The lowest BCUT2D eigenvalue weighted by Crippen LogP contribution is -2.56. The molecule has 0 aromatic rings. The van der Waals surface area contributed by atoms with Gasteiger partial charge in [-0.1, -0.05) is 52.9 Å². The molecule has 0 saturated carbocycles. The maximum absolute atomic E-state index is 14.3. The maximum Gasteiger partial charge on any atom is 0.407 e. The third-order valence-electron chi connectivity index (χ3n) is 12.9. The van der Waals surface area contributed by atoms with Crippen LogP contribution < -0.4 is 21.3 Å². The van der Waals surface area contributed by atoms with Crippen molar-refractivity contribution in [3.8, 4) is 24.7 Å². The molecule has 0 radical (unpaired) electrons. The quantitative estimate of drug-likeness (QED) is 0.0511. The second kappa shape index (κ2) is 35.8. The molecule has 2 rings (SSSR count). The fraction of sp³-hybridized carbons (Fsp3) is 0.727. The highest BCUT2D eigenvalue weighted by atomic mass is 32.2. The van der Waals surface area contributed by atoms with Gasteiger partial charge in [0.1, 0.15) is 24.7 Å². The zero-order chi connectivity index (χ0) is 59.2. The monoisotopic (exact) mass is 1130 g/mol. The van der Waals surface area contributed by atoms with Crippen LogP contribution in [0.5, 0.6) is 0 Å². The van der Waals surface area contributed by atoms with E-state index in [9.17, 15) is 52.7 Å². The Balaban J connectivity index is 2.23. The Labute approximate surface area is 472 Å². The molecule has 79 heavy (non-hydrogen) atoms. The van der Waals surface area contributed by atoms with Crippen molar-refractivity contribution in [2.45, 2.75) is 143 Å². The Bertz CT molecular complexity index is 2180. The highest BCUT2D eigenvalue weighted by Crippen LogP contribution is 2.40. The summed E-state index contributed by atoms with van der Waals surface area (Å²) in [5.74, 6) is 0.950. The minimum atomic E-state index is -1.35. The predicted octanol–water partition coefficient (Wildman–Crippen LogP) is 1.04. The Kier molecular flexibility index (Phi) is 31.1. The first-order chi connectivity index (χ1) is 37.5. The van der Waals surface area contributed by atoms with E-state index < -0.39 is 97.1 Å². The number of ether oxygens (including phenoxy) is 1. The molecule has 24 heteroatoms. The van der Waals surface area contributed by atoms with Crippen molar-refractivity contribution in [1.82, 2.24) is 55.6 Å². The van der Waals surface area contributed by atoms with Gasteiger partial charge in [0.25, 0.3) is 0 Å². The largest absolute Gasteiger partial charge is 0.444 e. The third-order valence-corrected chi connectivity index (χ3v) is 14.5. The molecule has 11 amide bonds. The van der Waals surface area contributed by atoms with Crippen molar-refractivity contribution >= 4 is 76.9 Å².